The Bertz CT molecular complexity index is 369. The fourth-order valence-corrected chi connectivity index (χ4v) is 0.991. The number of nitrogens with one attached hydrogen (secondary N) is 2. The van der Waals surface area contributed by atoms with Gasteiger partial charge in [-0.2, -0.15) is 0 Å². The first-order valence-corrected chi connectivity index (χ1v) is 4.25. The zero-order valence-corrected chi connectivity index (χ0v) is 8.50. The van der Waals surface area contributed by atoms with Crippen molar-refractivity contribution in [1.29, 1.82) is 5.41 Å². The van der Waals surface area contributed by atoms with Gasteiger partial charge in [-0.3, -0.25) is 5.41 Å². The third-order valence-corrected chi connectivity index (χ3v) is 1.42. The van der Waals surface area contributed by atoms with Crippen molar-refractivity contribution in [3.8, 4) is 0 Å². The smallest absolute Gasteiger partial charge is 0.134 e. The Hall–Kier alpha value is -1.78. The van der Waals surface area contributed by atoms with Crippen molar-refractivity contribution >= 4 is 17.5 Å². The van der Waals surface area contributed by atoms with Gasteiger partial charge in [0.05, 0.1) is 0 Å². The van der Waals surface area contributed by atoms with Crippen LogP contribution in [0.15, 0.2) is 17.3 Å². The van der Waals surface area contributed by atoms with Crippen LogP contribution in [0.5, 0.6) is 0 Å². The number of hydrogen-bond donors (Lipinski definition) is 2. The molecule has 0 atom stereocenters. The van der Waals surface area contributed by atoms with Crippen molar-refractivity contribution in [3.05, 3.63) is 18.1 Å². The molecule has 0 unspecified atom stereocenters. The maximum absolute atomic E-state index is 7.17. The van der Waals surface area contributed by atoms with E-state index in [1.54, 1.807) is 26.1 Å². The zero-order valence-electron chi connectivity index (χ0n) is 8.50. The average Bonchev–Trinajstić information content (AvgIpc) is 2.01. The van der Waals surface area contributed by atoms with Crippen molar-refractivity contribution in [2.24, 2.45) is 4.99 Å². The van der Waals surface area contributed by atoms with Crippen LogP contribution in [-0.2, 0) is 0 Å². The Morgan fingerprint density at radius 3 is 2.79 bits per heavy atom. The maximum atomic E-state index is 7.17. The van der Waals surface area contributed by atoms with Crippen LogP contribution in [0.1, 0.15) is 19.7 Å². The molecular weight excluding hydrogens is 178 g/mol. The molecule has 1 heterocycles. The van der Waals surface area contributed by atoms with Crippen LogP contribution in [0, 0.1) is 12.3 Å². The molecule has 1 rings (SSSR count). The lowest BCUT2D eigenvalue weighted by Gasteiger charge is -2.04. The molecule has 0 spiro atoms. The van der Waals surface area contributed by atoms with E-state index in [1.807, 2.05) is 6.92 Å². The lowest BCUT2D eigenvalue weighted by atomic mass is 10.5. The third kappa shape index (κ3) is 3.30. The molecule has 0 bridgehead atoms. The Morgan fingerprint density at radius 1 is 1.50 bits per heavy atom. The van der Waals surface area contributed by atoms with Crippen LogP contribution >= 0.6 is 0 Å². The third-order valence-electron chi connectivity index (χ3n) is 1.42. The van der Waals surface area contributed by atoms with Crippen molar-refractivity contribution in [3.63, 3.8) is 0 Å². The van der Waals surface area contributed by atoms with Crippen LogP contribution in [0.4, 0.5) is 5.82 Å². The summed E-state index contributed by atoms with van der Waals surface area (Å²) in [7, 11) is 0. The SMILES string of the molecule is CC(=N)/N=C(/C)Nc1ccnc(C)n1. The number of aryl methyl sites for hydroxylation is 1. The van der Waals surface area contributed by atoms with E-state index < -0.39 is 0 Å². The van der Waals surface area contributed by atoms with E-state index in [4.69, 9.17) is 5.41 Å². The van der Waals surface area contributed by atoms with Gasteiger partial charge in [0.2, 0.25) is 0 Å². The number of hydrogen-bond acceptors (Lipinski definition) is 3. The minimum absolute atomic E-state index is 0.265. The molecule has 1 aromatic rings. The van der Waals surface area contributed by atoms with E-state index in [0.717, 1.165) is 0 Å². The molecule has 0 fully saturated rings. The Morgan fingerprint density at radius 2 is 2.21 bits per heavy atom. The summed E-state index contributed by atoms with van der Waals surface area (Å²) >= 11 is 0. The molecule has 1 aromatic heterocycles. The maximum Gasteiger partial charge on any atom is 0.134 e. The first-order chi connectivity index (χ1) is 6.58. The van der Waals surface area contributed by atoms with Crippen molar-refractivity contribution < 1.29 is 0 Å². The topological polar surface area (TPSA) is 74.0 Å². The number of aromatic nitrogens is 2. The lowest BCUT2D eigenvalue weighted by molar-refractivity contribution is 1.06. The van der Waals surface area contributed by atoms with Crippen molar-refractivity contribution in [1.82, 2.24) is 9.97 Å². The Kier molecular flexibility index (Phi) is 3.28. The van der Waals surface area contributed by atoms with Gasteiger partial charge in [-0.15, -0.1) is 0 Å². The molecular formula is C9H13N5. The van der Waals surface area contributed by atoms with Gasteiger partial charge in [-0.25, -0.2) is 15.0 Å². The van der Waals surface area contributed by atoms with Crippen LogP contribution in [0.25, 0.3) is 0 Å². The van der Waals surface area contributed by atoms with Crippen LogP contribution in [-0.4, -0.2) is 21.6 Å². The van der Waals surface area contributed by atoms with E-state index in [9.17, 15) is 0 Å². The number of aliphatic imine (C=N–C) groups is 1. The molecule has 5 heteroatoms. The molecule has 5 nitrogen and oxygen atoms in total. The highest BCUT2D eigenvalue weighted by Gasteiger charge is 1.96. The fraction of sp³-hybridized carbons (Fsp3) is 0.333. The van der Waals surface area contributed by atoms with E-state index in [2.05, 4.69) is 20.3 Å². The average molecular weight is 191 g/mol. The summed E-state index contributed by atoms with van der Waals surface area (Å²) in [6, 6.07) is 1.76. The molecule has 14 heavy (non-hydrogen) atoms. The fourth-order valence-electron chi connectivity index (χ4n) is 0.991. The Labute approximate surface area is 82.8 Å². The first-order valence-electron chi connectivity index (χ1n) is 4.25. The van der Waals surface area contributed by atoms with Crippen LogP contribution < -0.4 is 5.32 Å². The van der Waals surface area contributed by atoms with E-state index in [0.29, 0.717) is 17.5 Å². The highest BCUT2D eigenvalue weighted by Crippen LogP contribution is 2.00. The zero-order chi connectivity index (χ0) is 10.6. The molecule has 0 saturated heterocycles. The van der Waals surface area contributed by atoms with E-state index >= 15 is 0 Å². The molecule has 0 aliphatic heterocycles. The summed E-state index contributed by atoms with van der Waals surface area (Å²) in [6.45, 7) is 5.23. The van der Waals surface area contributed by atoms with E-state index in [1.165, 1.54) is 0 Å². The van der Waals surface area contributed by atoms with Gasteiger partial charge < -0.3 is 5.32 Å². The van der Waals surface area contributed by atoms with Gasteiger partial charge in [0.15, 0.2) is 0 Å². The molecule has 0 amide bonds. The summed E-state index contributed by atoms with van der Waals surface area (Å²) in [5, 5.41) is 10.1. The quantitative estimate of drug-likeness (QED) is 0.523. The van der Waals surface area contributed by atoms with Gasteiger partial charge in [-0.05, 0) is 26.8 Å². The summed E-state index contributed by atoms with van der Waals surface area (Å²) in [5.41, 5.74) is 0. The second kappa shape index (κ2) is 4.45. The minimum atomic E-state index is 0.265. The van der Waals surface area contributed by atoms with Gasteiger partial charge >= 0.3 is 0 Å². The van der Waals surface area contributed by atoms with Crippen molar-refractivity contribution in [2.75, 3.05) is 5.32 Å². The predicted octanol–water partition coefficient (Wildman–Crippen LogP) is 1.61. The molecule has 0 aromatic carbocycles. The second-order valence-corrected chi connectivity index (χ2v) is 2.90. The second-order valence-electron chi connectivity index (χ2n) is 2.90. The predicted molar refractivity (Wildman–Crippen MR) is 56.9 cm³/mol. The monoisotopic (exact) mass is 191 g/mol. The highest BCUT2D eigenvalue weighted by molar-refractivity contribution is 6.00. The summed E-state index contributed by atoms with van der Waals surface area (Å²) in [5.74, 6) is 2.31. The molecule has 74 valence electrons. The van der Waals surface area contributed by atoms with Gasteiger partial charge in [-0.1, -0.05) is 0 Å². The van der Waals surface area contributed by atoms with Crippen LogP contribution in [0.2, 0.25) is 0 Å². The molecule has 0 aliphatic carbocycles. The number of amidine groups is 2. The Balaban J connectivity index is 2.74. The summed E-state index contributed by atoms with van der Waals surface area (Å²) in [6.07, 6.45) is 1.68. The number of anilines is 1. The molecule has 0 radical (unpaired) electrons. The largest absolute Gasteiger partial charge is 0.329 e. The van der Waals surface area contributed by atoms with Crippen LogP contribution in [0.3, 0.4) is 0 Å². The van der Waals surface area contributed by atoms with Gasteiger partial charge in [0.25, 0.3) is 0 Å². The number of nitrogens with zero attached hydrogens (tertiary/aromatic N) is 3. The standard InChI is InChI=1S/C9H13N5/c1-6(10)12-8(3)14-9-4-5-11-7(2)13-9/h4-5H,1-3H3,(H2,10,11,12,13,14). The normalized spacial score (nSPS) is 11.2. The van der Waals surface area contributed by atoms with Gasteiger partial charge in [0, 0.05) is 6.20 Å². The summed E-state index contributed by atoms with van der Waals surface area (Å²) < 4.78 is 0. The van der Waals surface area contributed by atoms with Crippen molar-refractivity contribution in [2.45, 2.75) is 20.8 Å². The van der Waals surface area contributed by atoms with E-state index in [-0.39, 0.29) is 5.84 Å². The number of rotatable bonds is 1. The molecule has 0 saturated carbocycles. The van der Waals surface area contributed by atoms with Gasteiger partial charge in [0.1, 0.15) is 23.3 Å². The minimum Gasteiger partial charge on any atom is -0.329 e. The first kappa shape index (κ1) is 10.3. The molecule has 0 aliphatic rings. The molecule has 2 N–H and O–H groups in total. The highest BCUT2D eigenvalue weighted by atomic mass is 15.1. The lowest BCUT2D eigenvalue weighted by Crippen LogP contribution is -2.10. The summed E-state index contributed by atoms with van der Waals surface area (Å²) in [4.78, 5) is 12.1.